The summed E-state index contributed by atoms with van der Waals surface area (Å²) >= 11 is 0. The first-order valence-corrected chi connectivity index (χ1v) is 24.0. The van der Waals surface area contributed by atoms with Gasteiger partial charge in [-0.05, 0) is 88.1 Å². The molecule has 3 aromatic carbocycles. The number of rotatable bonds is 36. The molecule has 0 aliphatic carbocycles. The average Bonchev–Trinajstić information content (AvgIpc) is 3.30. The molecule has 3 rings (SSSR count). The van der Waals surface area contributed by atoms with E-state index in [0.717, 1.165) is 77.0 Å². The fourth-order valence-electron chi connectivity index (χ4n) is 6.91. The van der Waals surface area contributed by atoms with Crippen LogP contribution in [0.3, 0.4) is 0 Å². The molecule has 0 radical (unpaired) electrons. The van der Waals surface area contributed by atoms with Gasteiger partial charge in [0.05, 0.1) is 37.6 Å². The van der Waals surface area contributed by atoms with Gasteiger partial charge in [-0.2, -0.15) is 0 Å². The third-order valence-electron chi connectivity index (χ3n) is 10.8. The van der Waals surface area contributed by atoms with Gasteiger partial charge in [-0.15, -0.1) is 0 Å². The van der Waals surface area contributed by atoms with Crippen LogP contribution in [0.25, 0.3) is 0 Å². The van der Waals surface area contributed by atoms with E-state index in [2.05, 4.69) is 13.2 Å². The van der Waals surface area contributed by atoms with Gasteiger partial charge in [0.15, 0.2) is 23.1 Å². The molecule has 0 amide bonds. The third kappa shape index (κ3) is 23.6. The van der Waals surface area contributed by atoms with Crippen molar-refractivity contribution >= 4 is 23.9 Å². The molecule has 12 heteroatoms. The fourth-order valence-corrected chi connectivity index (χ4v) is 6.91. The Morgan fingerprint density at radius 1 is 0.409 bits per heavy atom. The summed E-state index contributed by atoms with van der Waals surface area (Å²) in [6.07, 6.45) is 24.5. The molecule has 0 aromatic heterocycles. The number of unbranched alkanes of at least 4 members (excludes halogenated alkanes) is 20. The van der Waals surface area contributed by atoms with Crippen molar-refractivity contribution in [3.8, 4) is 23.0 Å². The van der Waals surface area contributed by atoms with Crippen LogP contribution in [0.2, 0.25) is 0 Å². The molecule has 66 heavy (non-hydrogen) atoms. The number of ether oxygens (including phenoxy) is 6. The molecule has 0 aliphatic heterocycles. The first-order chi connectivity index (χ1) is 31.9. The number of carbonyl (C=O) groups is 4. The second-order valence-corrected chi connectivity index (χ2v) is 16.8. The number of halogens is 2. The van der Waals surface area contributed by atoms with Gasteiger partial charge in [-0.25, -0.2) is 28.0 Å². The van der Waals surface area contributed by atoms with Gasteiger partial charge >= 0.3 is 23.9 Å². The van der Waals surface area contributed by atoms with Crippen LogP contribution in [0.5, 0.6) is 23.0 Å². The highest BCUT2D eigenvalue weighted by Gasteiger charge is 2.19. The van der Waals surface area contributed by atoms with Gasteiger partial charge in [0, 0.05) is 23.3 Å². The number of hydrogen-bond donors (Lipinski definition) is 0. The molecule has 10 nitrogen and oxygen atoms in total. The SMILES string of the molecule is C=C(C)C(=O)OCCCCCCCCCCCCCOc1ccc(C(=O)Oc2cc(F)c(OC(=O)c3ccc(OCCCCCCCCCCCCCOC(=O)C(=C)C)cc3)cc2F)cc1. The standard InChI is InChI=1S/C54H72F2O10/c1-41(2)51(57)63-37-25-21-17-13-9-5-7-11-15-19-23-35-61-45-31-27-43(28-32-45)53(59)65-49-39-48(56)50(40-47(49)55)66-54(60)44-29-33-46(34-30-44)62-36-24-20-16-12-8-6-10-14-18-22-26-38-64-52(58)42(3)4/h27-34,39-40H,1,3,5-26,35-38H2,2,4H3. The number of esters is 4. The van der Waals surface area contributed by atoms with Gasteiger partial charge in [-0.3, -0.25) is 0 Å². The van der Waals surface area contributed by atoms with E-state index in [1.54, 1.807) is 38.1 Å². The zero-order valence-electron chi connectivity index (χ0n) is 39.4. The van der Waals surface area contributed by atoms with Crippen LogP contribution < -0.4 is 18.9 Å². The van der Waals surface area contributed by atoms with Gasteiger partial charge in [0.2, 0.25) is 0 Å². The van der Waals surface area contributed by atoms with Crippen LogP contribution in [-0.4, -0.2) is 50.3 Å². The van der Waals surface area contributed by atoms with Crippen LogP contribution in [-0.2, 0) is 19.1 Å². The molecule has 0 atom stereocenters. The van der Waals surface area contributed by atoms with Crippen molar-refractivity contribution in [1.29, 1.82) is 0 Å². The molecule has 0 N–H and O–H groups in total. The average molecular weight is 919 g/mol. The van der Waals surface area contributed by atoms with E-state index < -0.39 is 35.1 Å². The van der Waals surface area contributed by atoms with Crippen LogP contribution in [0, 0.1) is 11.6 Å². The first kappa shape index (κ1) is 54.8. The van der Waals surface area contributed by atoms with Gasteiger partial charge in [-0.1, -0.05) is 129 Å². The van der Waals surface area contributed by atoms with E-state index in [1.807, 2.05) is 0 Å². The number of benzene rings is 3. The van der Waals surface area contributed by atoms with Gasteiger partial charge < -0.3 is 28.4 Å². The lowest BCUT2D eigenvalue weighted by molar-refractivity contribution is -0.139. The Kier molecular flexibility index (Phi) is 27.4. The van der Waals surface area contributed by atoms with E-state index in [1.165, 1.54) is 88.5 Å². The largest absolute Gasteiger partial charge is 0.494 e. The van der Waals surface area contributed by atoms with Gasteiger partial charge in [0.1, 0.15) is 11.5 Å². The lowest BCUT2D eigenvalue weighted by atomic mass is 10.1. The molecule has 0 bridgehead atoms. The highest BCUT2D eigenvalue weighted by Crippen LogP contribution is 2.29. The summed E-state index contributed by atoms with van der Waals surface area (Å²) in [5.74, 6) is -4.68. The highest BCUT2D eigenvalue weighted by atomic mass is 19.1. The van der Waals surface area contributed by atoms with Crippen molar-refractivity contribution < 1.29 is 56.4 Å². The van der Waals surface area contributed by atoms with Crippen LogP contribution in [0.4, 0.5) is 8.78 Å². The maximum atomic E-state index is 14.9. The van der Waals surface area contributed by atoms with E-state index in [4.69, 9.17) is 28.4 Å². The second-order valence-electron chi connectivity index (χ2n) is 16.8. The number of hydrogen-bond acceptors (Lipinski definition) is 10. The summed E-state index contributed by atoms with van der Waals surface area (Å²) in [7, 11) is 0. The lowest BCUT2D eigenvalue weighted by Crippen LogP contribution is -2.12. The first-order valence-electron chi connectivity index (χ1n) is 24.0. The molecule has 362 valence electrons. The number of carbonyl (C=O) groups excluding carboxylic acids is 4. The predicted molar refractivity (Wildman–Crippen MR) is 253 cm³/mol. The minimum atomic E-state index is -1.08. The van der Waals surface area contributed by atoms with E-state index in [9.17, 15) is 28.0 Å². The van der Waals surface area contributed by atoms with Crippen LogP contribution >= 0.6 is 0 Å². The topological polar surface area (TPSA) is 124 Å². The fraction of sp³-hybridized carbons (Fsp3) is 0.519. The van der Waals surface area contributed by atoms with Crippen LogP contribution in [0.15, 0.2) is 85.0 Å². The lowest BCUT2D eigenvalue weighted by Gasteiger charge is -2.11. The van der Waals surface area contributed by atoms with Crippen molar-refractivity contribution in [2.75, 3.05) is 26.4 Å². The Morgan fingerprint density at radius 2 is 0.667 bits per heavy atom. The normalized spacial score (nSPS) is 10.8. The van der Waals surface area contributed by atoms with E-state index in [-0.39, 0.29) is 23.1 Å². The van der Waals surface area contributed by atoms with Crippen molar-refractivity contribution in [3.05, 3.63) is 108 Å². The van der Waals surface area contributed by atoms with Gasteiger partial charge in [0.25, 0.3) is 0 Å². The quantitative estimate of drug-likeness (QED) is 0.0241. The minimum Gasteiger partial charge on any atom is -0.494 e. The zero-order valence-corrected chi connectivity index (χ0v) is 39.4. The second kappa shape index (κ2) is 33.0. The molecule has 0 heterocycles. The molecule has 0 unspecified atom stereocenters. The monoisotopic (exact) mass is 919 g/mol. The maximum Gasteiger partial charge on any atom is 0.343 e. The van der Waals surface area contributed by atoms with Crippen molar-refractivity contribution in [2.45, 2.75) is 155 Å². The smallest absolute Gasteiger partial charge is 0.343 e. The summed E-state index contributed by atoms with van der Waals surface area (Å²) in [4.78, 5) is 48.2. The summed E-state index contributed by atoms with van der Waals surface area (Å²) in [5, 5.41) is 0. The summed E-state index contributed by atoms with van der Waals surface area (Å²) < 4.78 is 62.0. The van der Waals surface area contributed by atoms with Crippen molar-refractivity contribution in [1.82, 2.24) is 0 Å². The zero-order chi connectivity index (χ0) is 47.8. The predicted octanol–water partition coefficient (Wildman–Crippen LogP) is 14.0. The molecule has 3 aromatic rings. The summed E-state index contributed by atoms with van der Waals surface area (Å²) in [6, 6.07) is 13.8. The molecular weight excluding hydrogens is 847 g/mol. The van der Waals surface area contributed by atoms with E-state index >= 15 is 0 Å². The Balaban J connectivity index is 1.22. The Bertz CT molecular complexity index is 1790. The molecule has 0 spiro atoms. The maximum absolute atomic E-state index is 14.9. The Hall–Kier alpha value is -5.52. The summed E-state index contributed by atoms with van der Waals surface area (Å²) in [5.41, 5.74) is 1.12. The van der Waals surface area contributed by atoms with E-state index in [0.29, 0.717) is 61.2 Å². The minimum absolute atomic E-state index is 0.123. The molecule has 0 saturated carbocycles. The Morgan fingerprint density at radius 3 is 0.939 bits per heavy atom. The van der Waals surface area contributed by atoms with Crippen molar-refractivity contribution in [3.63, 3.8) is 0 Å². The summed E-state index contributed by atoms with van der Waals surface area (Å²) in [6.45, 7) is 12.5. The van der Waals surface area contributed by atoms with Crippen LogP contribution in [0.1, 0.15) is 176 Å². The third-order valence-corrected chi connectivity index (χ3v) is 10.8. The Labute approximate surface area is 391 Å². The molecule has 0 fully saturated rings. The highest BCUT2D eigenvalue weighted by molar-refractivity contribution is 5.92. The molecular formula is C54H72F2O10. The van der Waals surface area contributed by atoms with Crippen molar-refractivity contribution in [2.24, 2.45) is 0 Å². The molecule has 0 aliphatic rings. The molecule has 0 saturated heterocycles.